The third-order valence-corrected chi connectivity index (χ3v) is 3.38. The van der Waals surface area contributed by atoms with E-state index in [2.05, 4.69) is 12.2 Å². The first-order chi connectivity index (χ1) is 8.01. The minimum absolute atomic E-state index is 0.238. The van der Waals surface area contributed by atoms with E-state index in [9.17, 15) is 9.59 Å². The third-order valence-electron chi connectivity index (χ3n) is 2.34. The van der Waals surface area contributed by atoms with Gasteiger partial charge in [-0.15, -0.1) is 0 Å². The summed E-state index contributed by atoms with van der Waals surface area (Å²) in [6.07, 6.45) is 3.67. The molecule has 0 aliphatic heterocycles. The third kappa shape index (κ3) is 7.90. The number of hydrogen-bond acceptors (Lipinski definition) is 3. The topological polar surface area (TPSA) is 69.6 Å². The van der Waals surface area contributed by atoms with Gasteiger partial charge in [0.15, 0.2) is 0 Å². The molecule has 0 rings (SSSR count). The number of rotatable bonds is 8. The van der Waals surface area contributed by atoms with Gasteiger partial charge in [0.25, 0.3) is 0 Å². The van der Waals surface area contributed by atoms with E-state index in [0.29, 0.717) is 18.3 Å². The number of urea groups is 1. The number of hydrogen-bond donors (Lipinski definition) is 2. The predicted molar refractivity (Wildman–Crippen MR) is 70.5 cm³/mol. The second-order valence-corrected chi connectivity index (χ2v) is 5.16. The first-order valence-corrected chi connectivity index (χ1v) is 7.07. The molecule has 0 aromatic rings. The second-order valence-electron chi connectivity index (χ2n) is 3.88. The Bertz CT molecular complexity index is 249. The number of aliphatic carboxylic acids is 1. The molecule has 0 aromatic heterocycles. The van der Waals surface area contributed by atoms with E-state index in [4.69, 9.17) is 5.11 Å². The molecule has 0 aromatic carbocycles. The zero-order valence-corrected chi connectivity index (χ0v) is 11.5. The lowest BCUT2D eigenvalue weighted by Crippen LogP contribution is -2.43. The molecular weight excluding hydrogens is 240 g/mol. The van der Waals surface area contributed by atoms with Crippen LogP contribution in [0.5, 0.6) is 0 Å². The van der Waals surface area contributed by atoms with Crippen LogP contribution in [0.2, 0.25) is 0 Å². The summed E-state index contributed by atoms with van der Waals surface area (Å²) in [5.41, 5.74) is 0. The average Bonchev–Trinajstić information content (AvgIpc) is 2.27. The van der Waals surface area contributed by atoms with Crippen molar-refractivity contribution in [2.45, 2.75) is 31.9 Å². The van der Waals surface area contributed by atoms with Crippen LogP contribution in [0.1, 0.15) is 26.7 Å². The lowest BCUT2D eigenvalue weighted by molar-refractivity contribution is -0.137. The number of amides is 2. The zero-order valence-electron chi connectivity index (χ0n) is 10.7. The van der Waals surface area contributed by atoms with E-state index in [1.165, 1.54) is 4.90 Å². The summed E-state index contributed by atoms with van der Waals surface area (Å²) in [5, 5.41) is 11.9. The van der Waals surface area contributed by atoms with Crippen LogP contribution >= 0.6 is 11.8 Å². The van der Waals surface area contributed by atoms with Gasteiger partial charge in [-0.3, -0.25) is 4.79 Å². The van der Waals surface area contributed by atoms with Crippen LogP contribution in [-0.2, 0) is 4.79 Å². The van der Waals surface area contributed by atoms with Gasteiger partial charge >= 0.3 is 12.0 Å². The molecule has 100 valence electrons. The molecule has 0 aliphatic carbocycles. The molecule has 0 fully saturated rings. The summed E-state index contributed by atoms with van der Waals surface area (Å²) in [4.78, 5) is 23.6. The highest BCUT2D eigenvalue weighted by Gasteiger charge is 2.15. The van der Waals surface area contributed by atoms with Crippen LogP contribution in [0.3, 0.4) is 0 Å². The summed E-state index contributed by atoms with van der Waals surface area (Å²) in [7, 11) is 0. The van der Waals surface area contributed by atoms with Crippen molar-refractivity contribution in [3.63, 3.8) is 0 Å². The van der Waals surface area contributed by atoms with Gasteiger partial charge in [0, 0.05) is 18.3 Å². The molecule has 0 bridgehead atoms. The van der Waals surface area contributed by atoms with E-state index in [1.54, 1.807) is 11.8 Å². The summed E-state index contributed by atoms with van der Waals surface area (Å²) in [6, 6.07) is -0.289. The summed E-state index contributed by atoms with van der Waals surface area (Å²) < 4.78 is 0. The van der Waals surface area contributed by atoms with Crippen LogP contribution in [0.4, 0.5) is 4.79 Å². The predicted octanol–water partition coefficient (Wildman–Crippen LogP) is 1.63. The van der Waals surface area contributed by atoms with E-state index in [-0.39, 0.29) is 12.6 Å². The molecule has 6 heteroatoms. The van der Waals surface area contributed by atoms with Gasteiger partial charge in [-0.25, -0.2) is 4.79 Å². The van der Waals surface area contributed by atoms with E-state index >= 15 is 0 Å². The molecule has 0 saturated carbocycles. The number of carboxylic acid groups (broad SMARTS) is 1. The molecular formula is C11H22N2O3S. The molecule has 0 heterocycles. The van der Waals surface area contributed by atoms with Crippen molar-refractivity contribution in [1.29, 1.82) is 0 Å². The monoisotopic (exact) mass is 262 g/mol. The molecule has 2 N–H and O–H groups in total. The van der Waals surface area contributed by atoms with E-state index in [1.807, 2.05) is 13.2 Å². The first kappa shape index (κ1) is 16.1. The number of carbonyl (C=O) groups excluding carboxylic acids is 1. The lowest BCUT2D eigenvalue weighted by atomic mass is 10.3. The maximum absolute atomic E-state index is 11.7. The largest absolute Gasteiger partial charge is 0.480 e. The van der Waals surface area contributed by atoms with Gasteiger partial charge in [0.2, 0.25) is 0 Å². The fraction of sp³-hybridized carbons (Fsp3) is 0.818. The number of carbonyl (C=O) groups is 2. The Kier molecular flexibility index (Phi) is 8.66. The quantitative estimate of drug-likeness (QED) is 0.697. The van der Waals surface area contributed by atoms with Crippen molar-refractivity contribution in [2.75, 3.05) is 25.9 Å². The fourth-order valence-electron chi connectivity index (χ4n) is 1.30. The highest BCUT2D eigenvalue weighted by atomic mass is 32.2. The van der Waals surface area contributed by atoms with Gasteiger partial charge < -0.3 is 15.3 Å². The van der Waals surface area contributed by atoms with Crippen LogP contribution in [0, 0.1) is 0 Å². The van der Waals surface area contributed by atoms with Crippen molar-refractivity contribution < 1.29 is 14.7 Å². The molecule has 1 atom stereocenters. The highest BCUT2D eigenvalue weighted by Crippen LogP contribution is 2.08. The fourth-order valence-corrected chi connectivity index (χ4v) is 1.65. The van der Waals surface area contributed by atoms with Crippen LogP contribution < -0.4 is 5.32 Å². The number of thioether (sulfide) groups is 1. The summed E-state index contributed by atoms with van der Waals surface area (Å²) in [5.74, 6) is -0.980. The van der Waals surface area contributed by atoms with Crippen molar-refractivity contribution >= 4 is 23.8 Å². The molecule has 0 saturated heterocycles. The molecule has 0 radical (unpaired) electrons. The summed E-state index contributed by atoms with van der Waals surface area (Å²) in [6.45, 7) is 4.82. The summed E-state index contributed by atoms with van der Waals surface area (Å²) >= 11 is 1.75. The zero-order chi connectivity index (χ0) is 13.3. The van der Waals surface area contributed by atoms with Gasteiger partial charge in [-0.2, -0.15) is 11.8 Å². The normalized spacial score (nSPS) is 11.9. The first-order valence-electron chi connectivity index (χ1n) is 5.78. The van der Waals surface area contributed by atoms with Crippen molar-refractivity contribution in [2.24, 2.45) is 0 Å². The number of carboxylic acids is 1. The van der Waals surface area contributed by atoms with Crippen LogP contribution in [0.15, 0.2) is 0 Å². The average molecular weight is 262 g/mol. The minimum atomic E-state index is -0.980. The number of nitrogens with zero attached hydrogens (tertiary/aromatic N) is 1. The van der Waals surface area contributed by atoms with Crippen LogP contribution in [-0.4, -0.2) is 53.1 Å². The van der Waals surface area contributed by atoms with Gasteiger partial charge in [-0.1, -0.05) is 13.8 Å². The van der Waals surface area contributed by atoms with Gasteiger partial charge in [-0.05, 0) is 19.1 Å². The molecule has 0 spiro atoms. The Morgan fingerprint density at radius 3 is 2.59 bits per heavy atom. The smallest absolute Gasteiger partial charge is 0.323 e. The molecule has 17 heavy (non-hydrogen) atoms. The highest BCUT2D eigenvalue weighted by molar-refractivity contribution is 7.99. The Morgan fingerprint density at radius 1 is 1.47 bits per heavy atom. The minimum Gasteiger partial charge on any atom is -0.480 e. The standard InChI is InChI=1S/C11H22N2O3S/c1-4-7-13(8-10(14)15)11(16)12-6-5-9(2)17-3/h9H,4-8H2,1-3H3,(H,12,16)(H,14,15). The maximum atomic E-state index is 11.7. The van der Waals surface area contributed by atoms with E-state index in [0.717, 1.165) is 12.8 Å². The SMILES string of the molecule is CCCN(CC(=O)O)C(=O)NCCC(C)SC. The molecule has 0 aliphatic rings. The van der Waals surface area contributed by atoms with E-state index < -0.39 is 5.97 Å². The van der Waals surface area contributed by atoms with Gasteiger partial charge in [0.05, 0.1) is 0 Å². The van der Waals surface area contributed by atoms with Crippen molar-refractivity contribution in [1.82, 2.24) is 10.2 Å². The lowest BCUT2D eigenvalue weighted by Gasteiger charge is -2.20. The van der Waals surface area contributed by atoms with Crippen molar-refractivity contribution in [3.05, 3.63) is 0 Å². The Labute approximate surface area is 107 Å². The molecule has 2 amide bonds. The Balaban J connectivity index is 4.00. The molecule has 5 nitrogen and oxygen atoms in total. The van der Waals surface area contributed by atoms with Crippen LogP contribution in [0.25, 0.3) is 0 Å². The maximum Gasteiger partial charge on any atom is 0.323 e. The van der Waals surface area contributed by atoms with Gasteiger partial charge in [0.1, 0.15) is 6.54 Å². The number of nitrogens with one attached hydrogen (secondary N) is 1. The van der Waals surface area contributed by atoms with Crippen molar-refractivity contribution in [3.8, 4) is 0 Å². The second kappa shape index (κ2) is 9.15. The Hall–Kier alpha value is -0.910. The Morgan fingerprint density at radius 2 is 2.12 bits per heavy atom. The molecule has 1 unspecified atom stereocenters.